The van der Waals surface area contributed by atoms with E-state index in [1.165, 1.54) is 16.7 Å². The average Bonchev–Trinajstić information content (AvgIpc) is 3.02. The third kappa shape index (κ3) is 2.97. The van der Waals surface area contributed by atoms with Crippen LogP contribution >= 0.6 is 0 Å². The Balaban J connectivity index is 1.86. The van der Waals surface area contributed by atoms with Gasteiger partial charge in [-0.1, -0.05) is 18.2 Å². The summed E-state index contributed by atoms with van der Waals surface area (Å²) < 4.78 is 6.21. The maximum Gasteiger partial charge on any atom is 0.360 e. The molecule has 1 aromatic carbocycles. The molecule has 0 radical (unpaired) electrons. The van der Waals surface area contributed by atoms with Crippen LogP contribution in [0.2, 0.25) is 0 Å². The number of ether oxygens (including phenoxy) is 1. The Labute approximate surface area is 157 Å². The van der Waals surface area contributed by atoms with Crippen LogP contribution in [0.1, 0.15) is 35.6 Å². The summed E-state index contributed by atoms with van der Waals surface area (Å²) in [5, 5.41) is 6.79. The predicted molar refractivity (Wildman–Crippen MR) is 99.7 cm³/mol. The maximum absolute atomic E-state index is 12.8. The molecular weight excluding hydrogens is 348 g/mol. The molecule has 8 heteroatoms. The van der Waals surface area contributed by atoms with Gasteiger partial charge in [0, 0.05) is 12.7 Å². The van der Waals surface area contributed by atoms with Crippen LogP contribution in [-0.2, 0) is 26.8 Å². The Morgan fingerprint density at radius 3 is 2.59 bits per heavy atom. The molecule has 2 heterocycles. The van der Waals surface area contributed by atoms with Crippen LogP contribution in [0, 0.1) is 6.92 Å². The number of carbonyl (C=O) groups is 3. The zero-order valence-corrected chi connectivity index (χ0v) is 16.0. The number of hydrogen-bond donors (Lipinski definition) is 1. The molecule has 0 atom stereocenters. The summed E-state index contributed by atoms with van der Waals surface area (Å²) in [6.07, 6.45) is 0. The standard InChI is InChI=1S/C19H22N4O4/c1-11-15(16(17(25)27-5)21-22(11)4)20-14(24)10-23-13-9-7-6-8-12(13)19(2,3)18(23)26/h6-9H,10H2,1-5H3,(H,20,24). The van der Waals surface area contributed by atoms with E-state index in [1.54, 1.807) is 14.0 Å². The number of nitrogens with zero attached hydrogens (tertiary/aromatic N) is 3. The fourth-order valence-electron chi connectivity index (χ4n) is 3.28. The second kappa shape index (κ2) is 6.53. The van der Waals surface area contributed by atoms with E-state index in [1.807, 2.05) is 38.1 Å². The van der Waals surface area contributed by atoms with Crippen LogP contribution in [0.25, 0.3) is 0 Å². The molecule has 0 spiro atoms. The van der Waals surface area contributed by atoms with Crippen LogP contribution < -0.4 is 10.2 Å². The summed E-state index contributed by atoms with van der Waals surface area (Å²) in [5.41, 5.74) is 1.83. The molecule has 0 aliphatic carbocycles. The van der Waals surface area contributed by atoms with E-state index in [4.69, 9.17) is 4.74 Å². The van der Waals surface area contributed by atoms with E-state index in [2.05, 4.69) is 10.4 Å². The minimum Gasteiger partial charge on any atom is -0.464 e. The van der Waals surface area contributed by atoms with Crippen molar-refractivity contribution in [2.75, 3.05) is 23.9 Å². The van der Waals surface area contributed by atoms with Gasteiger partial charge < -0.3 is 15.0 Å². The van der Waals surface area contributed by atoms with Gasteiger partial charge in [0.05, 0.1) is 23.9 Å². The van der Waals surface area contributed by atoms with Gasteiger partial charge in [0.15, 0.2) is 5.69 Å². The summed E-state index contributed by atoms with van der Waals surface area (Å²) >= 11 is 0. The van der Waals surface area contributed by atoms with Crippen LogP contribution in [-0.4, -0.2) is 41.2 Å². The van der Waals surface area contributed by atoms with Gasteiger partial charge in [-0.25, -0.2) is 4.79 Å². The zero-order valence-electron chi connectivity index (χ0n) is 16.0. The van der Waals surface area contributed by atoms with Crippen LogP contribution in [0.3, 0.4) is 0 Å². The molecule has 0 saturated heterocycles. The van der Waals surface area contributed by atoms with Crippen LogP contribution in [0.5, 0.6) is 0 Å². The van der Waals surface area contributed by atoms with Gasteiger partial charge in [0.2, 0.25) is 11.8 Å². The fourth-order valence-corrected chi connectivity index (χ4v) is 3.28. The number of hydrogen-bond acceptors (Lipinski definition) is 5. The number of amides is 2. The predicted octanol–water partition coefficient (Wildman–Crippen LogP) is 1.78. The molecule has 0 saturated carbocycles. The van der Waals surface area contributed by atoms with E-state index >= 15 is 0 Å². The molecule has 1 aromatic heterocycles. The molecule has 0 bridgehead atoms. The topological polar surface area (TPSA) is 93.5 Å². The van der Waals surface area contributed by atoms with E-state index in [0.29, 0.717) is 5.69 Å². The number of benzene rings is 1. The number of rotatable bonds is 4. The van der Waals surface area contributed by atoms with Crippen molar-refractivity contribution in [1.29, 1.82) is 0 Å². The normalized spacial score (nSPS) is 14.9. The lowest BCUT2D eigenvalue weighted by atomic mass is 9.86. The molecule has 142 valence electrons. The van der Waals surface area contributed by atoms with E-state index in [0.717, 1.165) is 11.3 Å². The van der Waals surface area contributed by atoms with Crippen LogP contribution in [0.15, 0.2) is 24.3 Å². The highest BCUT2D eigenvalue weighted by Crippen LogP contribution is 2.41. The lowest BCUT2D eigenvalue weighted by Gasteiger charge is -2.20. The van der Waals surface area contributed by atoms with Crippen molar-refractivity contribution in [3.8, 4) is 0 Å². The Hall–Kier alpha value is -3.16. The SMILES string of the molecule is COC(=O)c1nn(C)c(C)c1NC(=O)CN1C(=O)C(C)(C)c2ccccc21. The fraction of sp³-hybridized carbons (Fsp3) is 0.368. The van der Waals surface area contributed by atoms with Gasteiger partial charge >= 0.3 is 5.97 Å². The van der Waals surface area contributed by atoms with Crippen LogP contribution in [0.4, 0.5) is 11.4 Å². The number of aromatic nitrogens is 2. The Morgan fingerprint density at radius 1 is 1.26 bits per heavy atom. The van der Waals surface area contributed by atoms with E-state index in [-0.39, 0.29) is 23.8 Å². The first-order valence-corrected chi connectivity index (χ1v) is 8.51. The van der Waals surface area contributed by atoms with Crippen molar-refractivity contribution >= 4 is 29.2 Å². The Morgan fingerprint density at radius 2 is 1.93 bits per heavy atom. The van der Waals surface area contributed by atoms with Gasteiger partial charge in [0.1, 0.15) is 6.54 Å². The minimum atomic E-state index is -0.696. The first-order valence-electron chi connectivity index (χ1n) is 8.51. The first-order chi connectivity index (χ1) is 12.7. The molecule has 1 aliphatic rings. The highest BCUT2D eigenvalue weighted by atomic mass is 16.5. The first kappa shape index (κ1) is 18.6. The highest BCUT2D eigenvalue weighted by molar-refractivity contribution is 6.12. The van der Waals surface area contributed by atoms with Gasteiger partial charge in [-0.05, 0) is 32.4 Å². The Bertz CT molecular complexity index is 945. The maximum atomic E-state index is 12.8. The highest BCUT2D eigenvalue weighted by Gasteiger charge is 2.44. The summed E-state index contributed by atoms with van der Waals surface area (Å²) in [6.45, 7) is 5.25. The van der Waals surface area contributed by atoms with Gasteiger partial charge in [-0.15, -0.1) is 0 Å². The largest absolute Gasteiger partial charge is 0.464 e. The molecule has 2 amide bonds. The minimum absolute atomic E-state index is 0.0272. The summed E-state index contributed by atoms with van der Waals surface area (Å²) in [4.78, 5) is 38.9. The summed E-state index contributed by atoms with van der Waals surface area (Å²) in [5.74, 6) is -1.20. The summed E-state index contributed by atoms with van der Waals surface area (Å²) in [6, 6.07) is 7.42. The van der Waals surface area contributed by atoms with Gasteiger partial charge in [-0.3, -0.25) is 14.3 Å². The Kier molecular flexibility index (Phi) is 4.51. The number of esters is 1. The number of carbonyl (C=O) groups excluding carboxylic acids is 3. The molecule has 27 heavy (non-hydrogen) atoms. The van der Waals surface area contributed by atoms with Gasteiger partial charge in [-0.2, -0.15) is 5.10 Å². The second-order valence-electron chi connectivity index (χ2n) is 7.01. The monoisotopic (exact) mass is 370 g/mol. The molecule has 0 fully saturated rings. The van der Waals surface area contributed by atoms with Crippen molar-refractivity contribution in [2.24, 2.45) is 7.05 Å². The van der Waals surface area contributed by atoms with E-state index < -0.39 is 17.3 Å². The third-order valence-corrected chi connectivity index (χ3v) is 4.93. The van der Waals surface area contributed by atoms with Gasteiger partial charge in [0.25, 0.3) is 0 Å². The van der Waals surface area contributed by atoms with Crippen molar-refractivity contribution < 1.29 is 19.1 Å². The summed E-state index contributed by atoms with van der Waals surface area (Å²) in [7, 11) is 2.92. The zero-order chi connectivity index (χ0) is 19.9. The van der Waals surface area contributed by atoms with Crippen molar-refractivity contribution in [3.05, 3.63) is 41.2 Å². The number of para-hydroxylation sites is 1. The molecule has 3 rings (SSSR count). The van der Waals surface area contributed by atoms with Crippen molar-refractivity contribution in [2.45, 2.75) is 26.2 Å². The number of nitrogens with one attached hydrogen (secondary N) is 1. The molecular formula is C19H22N4O4. The molecule has 1 N–H and O–H groups in total. The quantitative estimate of drug-likeness (QED) is 0.828. The number of methoxy groups -OCH3 is 1. The van der Waals surface area contributed by atoms with E-state index in [9.17, 15) is 14.4 Å². The number of anilines is 2. The third-order valence-electron chi connectivity index (χ3n) is 4.93. The average molecular weight is 370 g/mol. The van der Waals surface area contributed by atoms with Crippen molar-refractivity contribution in [3.63, 3.8) is 0 Å². The second-order valence-corrected chi connectivity index (χ2v) is 7.01. The molecule has 8 nitrogen and oxygen atoms in total. The molecule has 0 unspecified atom stereocenters. The molecule has 1 aliphatic heterocycles. The number of fused-ring (bicyclic) bond motifs is 1. The van der Waals surface area contributed by atoms with Crippen molar-refractivity contribution in [1.82, 2.24) is 9.78 Å². The molecule has 2 aromatic rings. The smallest absolute Gasteiger partial charge is 0.360 e. The lowest BCUT2D eigenvalue weighted by molar-refractivity contribution is -0.124. The number of aryl methyl sites for hydroxylation is 1. The lowest BCUT2D eigenvalue weighted by Crippen LogP contribution is -2.41.